The molecule has 1 aromatic rings. The monoisotopic (exact) mass is 280 g/mol. The second-order valence-corrected chi connectivity index (χ2v) is 6.30. The van der Waals surface area contributed by atoms with Crippen LogP contribution in [0.2, 0.25) is 0 Å². The summed E-state index contributed by atoms with van der Waals surface area (Å²) in [5, 5.41) is 19.9. The molecule has 20 heavy (non-hydrogen) atoms. The van der Waals surface area contributed by atoms with Crippen LogP contribution >= 0.6 is 0 Å². The Morgan fingerprint density at radius 3 is 2.50 bits per heavy atom. The van der Waals surface area contributed by atoms with Gasteiger partial charge in [0.15, 0.2) is 11.2 Å². The van der Waals surface area contributed by atoms with Gasteiger partial charge >= 0.3 is 0 Å². The molecule has 1 aromatic heterocycles. The fourth-order valence-electron chi connectivity index (χ4n) is 1.85. The molecule has 0 spiro atoms. The molecule has 0 atom stereocenters. The molecule has 0 unspecified atom stereocenters. The lowest BCUT2D eigenvalue weighted by atomic mass is 10.1. The van der Waals surface area contributed by atoms with Crippen LogP contribution in [-0.2, 0) is 6.54 Å². The largest absolute Gasteiger partial charge is 0.623 e. The number of aryl methyl sites for hydroxylation is 1. The summed E-state index contributed by atoms with van der Waals surface area (Å²) >= 11 is 0. The van der Waals surface area contributed by atoms with Gasteiger partial charge in [0.05, 0.1) is 6.20 Å². The third kappa shape index (κ3) is 6.17. The van der Waals surface area contributed by atoms with E-state index in [0.717, 1.165) is 17.7 Å². The first kappa shape index (κ1) is 16.7. The maximum atomic E-state index is 11.8. The van der Waals surface area contributed by atoms with Crippen LogP contribution in [0.25, 0.3) is 0 Å². The van der Waals surface area contributed by atoms with Crippen molar-refractivity contribution in [2.75, 3.05) is 0 Å². The lowest BCUT2D eigenvalue weighted by molar-refractivity contribution is -0.530. The summed E-state index contributed by atoms with van der Waals surface area (Å²) in [6.07, 6.45) is 10.9. The van der Waals surface area contributed by atoms with Gasteiger partial charge in [-0.3, -0.25) is 4.68 Å². The molecule has 0 bridgehead atoms. The van der Waals surface area contributed by atoms with Crippen molar-refractivity contribution in [3.8, 4) is 0 Å². The van der Waals surface area contributed by atoms with Crippen molar-refractivity contribution in [1.29, 1.82) is 0 Å². The van der Waals surface area contributed by atoms with E-state index in [1.807, 2.05) is 31.6 Å². The number of hydroxylamine groups is 1. The summed E-state index contributed by atoms with van der Waals surface area (Å²) in [6.45, 7) is 8.72. The van der Waals surface area contributed by atoms with Crippen LogP contribution in [-0.4, -0.2) is 31.5 Å². The Kier molecular flexibility index (Phi) is 6.68. The van der Waals surface area contributed by atoms with Crippen molar-refractivity contribution in [2.45, 2.75) is 78.3 Å². The maximum Gasteiger partial charge on any atom is 0.204 e. The van der Waals surface area contributed by atoms with Crippen LogP contribution in [0, 0.1) is 5.21 Å². The van der Waals surface area contributed by atoms with Crippen LogP contribution in [0.5, 0.6) is 0 Å². The summed E-state index contributed by atoms with van der Waals surface area (Å²) in [7, 11) is 0. The average molecular weight is 280 g/mol. The summed E-state index contributed by atoms with van der Waals surface area (Å²) in [6, 6.07) is 0. The summed E-state index contributed by atoms with van der Waals surface area (Å²) in [4.78, 5) is 0. The van der Waals surface area contributed by atoms with E-state index in [2.05, 4.69) is 17.2 Å². The van der Waals surface area contributed by atoms with Crippen molar-refractivity contribution in [1.82, 2.24) is 15.0 Å². The molecule has 0 amide bonds. The van der Waals surface area contributed by atoms with Gasteiger partial charge in [-0.2, -0.15) is 0 Å². The Labute approximate surface area is 122 Å². The van der Waals surface area contributed by atoms with E-state index >= 15 is 0 Å². The zero-order valence-corrected chi connectivity index (χ0v) is 13.3. The maximum absolute atomic E-state index is 11.8. The quantitative estimate of drug-likeness (QED) is 0.241. The predicted octanol–water partition coefficient (Wildman–Crippen LogP) is 3.37. The fraction of sp³-hybridized carbons (Fsp3) is 0.800. The molecule has 0 aliphatic heterocycles. The lowest BCUT2D eigenvalue weighted by Crippen LogP contribution is -2.29. The minimum atomic E-state index is -0.441. The summed E-state index contributed by atoms with van der Waals surface area (Å²) < 4.78 is 2.74. The first-order valence-electron chi connectivity index (χ1n) is 7.65. The Hall–Kier alpha value is -1.39. The second kappa shape index (κ2) is 8.02. The molecule has 0 aliphatic rings. The molecule has 1 heterocycles. The highest BCUT2D eigenvalue weighted by molar-refractivity contribution is 5.71. The number of unbranched alkanes of at least 4 members (excludes halogenated alkanes) is 5. The zero-order chi connectivity index (χ0) is 15.0. The van der Waals surface area contributed by atoms with E-state index < -0.39 is 5.54 Å². The molecule has 0 aromatic carbocycles. The van der Waals surface area contributed by atoms with Gasteiger partial charge < -0.3 is 5.21 Å². The van der Waals surface area contributed by atoms with Crippen LogP contribution in [0.15, 0.2) is 6.20 Å². The molecule has 0 saturated heterocycles. The third-order valence-electron chi connectivity index (χ3n) is 3.21. The van der Waals surface area contributed by atoms with Crippen molar-refractivity contribution < 1.29 is 4.74 Å². The topological polar surface area (TPSA) is 56.8 Å². The molecule has 5 heteroatoms. The first-order chi connectivity index (χ1) is 9.43. The first-order valence-corrected chi connectivity index (χ1v) is 7.65. The summed E-state index contributed by atoms with van der Waals surface area (Å²) in [5.74, 6) is 0. The molecule has 0 N–H and O–H groups in total. The molecular formula is C15H28N4O. The number of rotatable bonds is 8. The molecule has 0 fully saturated rings. The van der Waals surface area contributed by atoms with Gasteiger partial charge in [0.2, 0.25) is 6.21 Å². The normalized spacial score (nSPS) is 12.9. The number of aromatic nitrogens is 3. The number of hydrogen-bond donors (Lipinski definition) is 0. The zero-order valence-electron chi connectivity index (χ0n) is 13.3. The Morgan fingerprint density at radius 1 is 1.20 bits per heavy atom. The van der Waals surface area contributed by atoms with Crippen molar-refractivity contribution in [3.63, 3.8) is 0 Å². The molecule has 0 aliphatic carbocycles. The third-order valence-corrected chi connectivity index (χ3v) is 3.21. The van der Waals surface area contributed by atoms with Gasteiger partial charge in [0, 0.05) is 27.3 Å². The highest BCUT2D eigenvalue weighted by Gasteiger charge is 2.18. The van der Waals surface area contributed by atoms with Gasteiger partial charge in [0.25, 0.3) is 0 Å². The lowest BCUT2D eigenvalue weighted by Gasteiger charge is -2.17. The molecule has 114 valence electrons. The van der Waals surface area contributed by atoms with Gasteiger partial charge in [-0.15, -0.1) is 5.10 Å². The molecule has 0 saturated carbocycles. The predicted molar refractivity (Wildman–Crippen MR) is 81.9 cm³/mol. The Bertz CT molecular complexity index is 418. The van der Waals surface area contributed by atoms with E-state index in [9.17, 15) is 5.21 Å². The van der Waals surface area contributed by atoms with E-state index in [1.165, 1.54) is 38.3 Å². The Balaban J connectivity index is 2.37. The smallest absolute Gasteiger partial charge is 0.204 e. The van der Waals surface area contributed by atoms with E-state index in [0.29, 0.717) is 5.69 Å². The summed E-state index contributed by atoms with van der Waals surface area (Å²) in [5.41, 5.74) is 0.184. The van der Waals surface area contributed by atoms with Gasteiger partial charge in [0.1, 0.15) is 0 Å². The van der Waals surface area contributed by atoms with Crippen molar-refractivity contribution in [2.24, 2.45) is 0 Å². The fourth-order valence-corrected chi connectivity index (χ4v) is 1.85. The molecule has 5 nitrogen and oxygen atoms in total. The minimum absolute atomic E-state index is 0.441. The number of hydrogen-bond acceptors (Lipinski definition) is 3. The molecular weight excluding hydrogens is 252 g/mol. The Morgan fingerprint density at radius 2 is 1.85 bits per heavy atom. The van der Waals surface area contributed by atoms with Crippen LogP contribution < -0.4 is 0 Å². The average Bonchev–Trinajstić information content (AvgIpc) is 2.80. The van der Waals surface area contributed by atoms with E-state index in [-0.39, 0.29) is 0 Å². The molecule has 1 rings (SSSR count). The second-order valence-electron chi connectivity index (χ2n) is 6.30. The SMILES string of the molecule is CCCCCCCCn1cc(/C=[N+](\[O-])C(C)(C)C)nn1. The van der Waals surface area contributed by atoms with Gasteiger partial charge in [-0.1, -0.05) is 44.2 Å². The van der Waals surface area contributed by atoms with Crippen LogP contribution in [0.4, 0.5) is 0 Å². The van der Waals surface area contributed by atoms with E-state index in [1.54, 1.807) is 0 Å². The minimum Gasteiger partial charge on any atom is -0.623 e. The highest BCUT2D eigenvalue weighted by Crippen LogP contribution is 2.07. The van der Waals surface area contributed by atoms with Crippen molar-refractivity contribution >= 4 is 6.21 Å². The van der Waals surface area contributed by atoms with Crippen LogP contribution in [0.3, 0.4) is 0 Å². The van der Waals surface area contributed by atoms with Gasteiger partial charge in [-0.25, -0.2) is 4.74 Å². The van der Waals surface area contributed by atoms with Crippen LogP contribution in [0.1, 0.15) is 71.9 Å². The van der Waals surface area contributed by atoms with E-state index in [4.69, 9.17) is 0 Å². The highest BCUT2D eigenvalue weighted by atomic mass is 16.5. The molecule has 0 radical (unpaired) electrons. The standard InChI is InChI=1S/C15H28N4O/c1-5-6-7-8-9-10-11-18-12-14(16-17-18)13-19(20)15(2,3)4/h12-13H,5-11H2,1-4H3/b19-13-. The number of nitrogens with zero attached hydrogens (tertiary/aromatic N) is 4. The van der Waals surface area contributed by atoms with Crippen molar-refractivity contribution in [3.05, 3.63) is 17.1 Å². The van der Waals surface area contributed by atoms with Gasteiger partial charge in [-0.05, 0) is 6.42 Å².